The number of hydrogen-bond acceptors (Lipinski definition) is 6. The number of anilines is 1. The number of benzene rings is 1. The second-order valence-electron chi connectivity index (χ2n) is 6.74. The summed E-state index contributed by atoms with van der Waals surface area (Å²) in [6.07, 6.45) is -0.114. The molecule has 152 valence electrons. The third kappa shape index (κ3) is 10.4. The van der Waals surface area contributed by atoms with Crippen LogP contribution in [0.25, 0.3) is 0 Å². The molecule has 0 aliphatic carbocycles. The molecule has 10 heteroatoms. The first kappa shape index (κ1) is 22.7. The number of ether oxygens (including phenoxy) is 2. The van der Waals surface area contributed by atoms with Gasteiger partial charge in [-0.15, -0.1) is 0 Å². The molecule has 9 nitrogen and oxygen atoms in total. The van der Waals surface area contributed by atoms with Gasteiger partial charge in [-0.1, -0.05) is 25.5 Å². The Labute approximate surface area is 160 Å². The van der Waals surface area contributed by atoms with Gasteiger partial charge in [-0.2, -0.15) is 13.1 Å². The fourth-order valence-corrected chi connectivity index (χ4v) is 2.50. The van der Waals surface area contributed by atoms with Crippen molar-refractivity contribution in [3.8, 4) is 0 Å². The lowest BCUT2D eigenvalue weighted by atomic mass is 10.2. The number of unbranched alkanes of at least 4 members (excludes halogenated alkanes) is 1. The van der Waals surface area contributed by atoms with E-state index in [2.05, 4.69) is 10.0 Å². The van der Waals surface area contributed by atoms with E-state index in [1.165, 1.54) is 0 Å². The van der Waals surface area contributed by atoms with Gasteiger partial charge in [-0.3, -0.25) is 5.32 Å². The van der Waals surface area contributed by atoms with Gasteiger partial charge in [0.1, 0.15) is 5.60 Å². The average Bonchev–Trinajstić information content (AvgIpc) is 2.52. The Hall–Kier alpha value is -2.33. The summed E-state index contributed by atoms with van der Waals surface area (Å²) in [5.41, 5.74) is 0.537. The molecule has 0 saturated heterocycles. The van der Waals surface area contributed by atoms with E-state index in [0.717, 1.165) is 6.42 Å². The quantitative estimate of drug-likeness (QED) is 0.576. The van der Waals surface area contributed by atoms with E-state index in [1.807, 2.05) is 6.92 Å². The average molecular weight is 401 g/mol. The molecule has 3 N–H and O–H groups in total. The van der Waals surface area contributed by atoms with Crippen LogP contribution >= 0.6 is 0 Å². The maximum absolute atomic E-state index is 11.8. The zero-order chi connectivity index (χ0) is 20.5. The summed E-state index contributed by atoms with van der Waals surface area (Å²) in [5.74, 6) is 0. The van der Waals surface area contributed by atoms with E-state index < -0.39 is 28.0 Å². The SMILES string of the molecule is CCCCOC(=O)NS(=O)(=O)NCc1ccc(NC(=O)OC(C)(C)C)cc1. The summed E-state index contributed by atoms with van der Waals surface area (Å²) in [5, 5.41) is 2.58. The number of nitrogens with one attached hydrogen (secondary N) is 3. The fraction of sp³-hybridized carbons (Fsp3) is 0.529. The zero-order valence-electron chi connectivity index (χ0n) is 16.0. The van der Waals surface area contributed by atoms with Crippen LogP contribution in [0.3, 0.4) is 0 Å². The second kappa shape index (κ2) is 10.1. The van der Waals surface area contributed by atoms with Gasteiger partial charge in [-0.25, -0.2) is 14.3 Å². The van der Waals surface area contributed by atoms with E-state index in [0.29, 0.717) is 17.7 Å². The van der Waals surface area contributed by atoms with E-state index in [-0.39, 0.29) is 13.2 Å². The van der Waals surface area contributed by atoms with Crippen molar-refractivity contribution in [2.75, 3.05) is 11.9 Å². The molecule has 0 aliphatic heterocycles. The molecule has 0 aromatic heterocycles. The van der Waals surface area contributed by atoms with E-state index in [9.17, 15) is 18.0 Å². The van der Waals surface area contributed by atoms with Crippen LogP contribution in [0, 0.1) is 0 Å². The zero-order valence-corrected chi connectivity index (χ0v) is 16.8. The Morgan fingerprint density at radius 1 is 1.07 bits per heavy atom. The maximum atomic E-state index is 11.8. The van der Waals surface area contributed by atoms with Gasteiger partial charge < -0.3 is 9.47 Å². The molecule has 0 radical (unpaired) electrons. The lowest BCUT2D eigenvalue weighted by Crippen LogP contribution is -2.40. The lowest BCUT2D eigenvalue weighted by molar-refractivity contribution is 0.0636. The predicted octanol–water partition coefficient (Wildman–Crippen LogP) is 2.89. The first-order chi connectivity index (χ1) is 12.5. The van der Waals surface area contributed by atoms with Gasteiger partial charge in [0.15, 0.2) is 0 Å². The molecule has 0 fully saturated rings. The molecule has 0 aliphatic rings. The summed E-state index contributed by atoms with van der Waals surface area (Å²) in [4.78, 5) is 23.1. The van der Waals surface area contributed by atoms with Crippen LogP contribution in [0.4, 0.5) is 15.3 Å². The molecular formula is C17H27N3O6S. The van der Waals surface area contributed by atoms with E-state index in [1.54, 1.807) is 49.8 Å². The van der Waals surface area contributed by atoms with Crippen LogP contribution in [0.1, 0.15) is 46.1 Å². The minimum atomic E-state index is -4.03. The highest BCUT2D eigenvalue weighted by Crippen LogP contribution is 2.13. The van der Waals surface area contributed by atoms with E-state index >= 15 is 0 Å². The molecule has 0 saturated carbocycles. The summed E-state index contributed by atoms with van der Waals surface area (Å²) < 4.78 is 37.5. The highest BCUT2D eigenvalue weighted by Gasteiger charge is 2.17. The van der Waals surface area contributed by atoms with Crippen molar-refractivity contribution in [3.63, 3.8) is 0 Å². The Morgan fingerprint density at radius 2 is 1.70 bits per heavy atom. The summed E-state index contributed by atoms with van der Waals surface area (Å²) in [7, 11) is -4.03. The fourth-order valence-electron chi connectivity index (χ4n) is 1.79. The second-order valence-corrected chi connectivity index (χ2v) is 8.24. The monoisotopic (exact) mass is 401 g/mol. The van der Waals surface area contributed by atoms with Gasteiger partial charge >= 0.3 is 22.4 Å². The van der Waals surface area contributed by atoms with Crippen LogP contribution in [-0.2, 0) is 26.2 Å². The van der Waals surface area contributed by atoms with Crippen LogP contribution in [-0.4, -0.2) is 32.8 Å². The van der Waals surface area contributed by atoms with Crippen LogP contribution < -0.4 is 14.8 Å². The number of hydrogen-bond donors (Lipinski definition) is 3. The summed E-state index contributed by atoms with van der Waals surface area (Å²) in [6, 6.07) is 6.49. The third-order valence-electron chi connectivity index (χ3n) is 3.01. The summed E-state index contributed by atoms with van der Waals surface area (Å²) >= 11 is 0. The van der Waals surface area contributed by atoms with Crippen molar-refractivity contribution < 1.29 is 27.5 Å². The number of carbonyl (C=O) groups excluding carboxylic acids is 2. The van der Waals surface area contributed by atoms with Crippen molar-refractivity contribution in [2.24, 2.45) is 0 Å². The largest absolute Gasteiger partial charge is 0.449 e. The Kier molecular flexibility index (Phi) is 8.51. The molecule has 0 heterocycles. The Bertz CT molecular complexity index is 726. The number of carbonyl (C=O) groups is 2. The van der Waals surface area contributed by atoms with Crippen molar-refractivity contribution in [1.82, 2.24) is 9.44 Å². The molecule has 1 rings (SSSR count). The molecule has 0 atom stereocenters. The summed E-state index contributed by atoms with van der Waals surface area (Å²) in [6.45, 7) is 7.32. The van der Waals surface area contributed by atoms with Crippen LogP contribution in [0.5, 0.6) is 0 Å². The molecule has 1 aromatic rings. The van der Waals surface area contributed by atoms with Gasteiger partial charge in [0.05, 0.1) is 6.61 Å². The smallest absolute Gasteiger partial charge is 0.421 e. The molecule has 27 heavy (non-hydrogen) atoms. The standard InChI is InChI=1S/C17H27N3O6S/c1-5-6-11-25-16(22)20-27(23,24)18-12-13-7-9-14(10-8-13)19-15(21)26-17(2,3)4/h7-10,18H,5-6,11-12H2,1-4H3,(H,19,21)(H,20,22). The first-order valence-electron chi connectivity index (χ1n) is 8.54. The Morgan fingerprint density at radius 3 is 2.26 bits per heavy atom. The van der Waals surface area contributed by atoms with Gasteiger partial charge in [0.2, 0.25) is 0 Å². The minimum Gasteiger partial charge on any atom is -0.449 e. The highest BCUT2D eigenvalue weighted by molar-refractivity contribution is 7.88. The molecule has 1 aromatic carbocycles. The van der Waals surface area contributed by atoms with Crippen molar-refractivity contribution in [2.45, 2.75) is 52.7 Å². The number of amides is 2. The number of rotatable bonds is 8. The first-order valence-corrected chi connectivity index (χ1v) is 10.0. The van der Waals surface area contributed by atoms with Crippen LogP contribution in [0.15, 0.2) is 24.3 Å². The molecule has 0 bridgehead atoms. The third-order valence-corrected chi connectivity index (χ3v) is 3.97. The normalized spacial score (nSPS) is 11.6. The molecule has 0 unspecified atom stereocenters. The topological polar surface area (TPSA) is 123 Å². The van der Waals surface area contributed by atoms with Gasteiger partial charge in [-0.05, 0) is 44.9 Å². The maximum Gasteiger partial charge on any atom is 0.421 e. The van der Waals surface area contributed by atoms with Crippen molar-refractivity contribution >= 4 is 28.1 Å². The molecular weight excluding hydrogens is 374 g/mol. The molecule has 2 amide bonds. The highest BCUT2D eigenvalue weighted by atomic mass is 32.2. The van der Waals surface area contributed by atoms with E-state index in [4.69, 9.17) is 9.47 Å². The Balaban J connectivity index is 2.48. The van der Waals surface area contributed by atoms with Gasteiger partial charge in [0, 0.05) is 12.2 Å². The van der Waals surface area contributed by atoms with Crippen molar-refractivity contribution in [3.05, 3.63) is 29.8 Å². The van der Waals surface area contributed by atoms with Gasteiger partial charge in [0.25, 0.3) is 0 Å². The van der Waals surface area contributed by atoms with Crippen molar-refractivity contribution in [1.29, 1.82) is 0 Å². The minimum absolute atomic E-state index is 0.0374. The lowest BCUT2D eigenvalue weighted by Gasteiger charge is -2.19. The van der Waals surface area contributed by atoms with Crippen LogP contribution in [0.2, 0.25) is 0 Å². The predicted molar refractivity (Wildman–Crippen MR) is 101 cm³/mol. The molecule has 0 spiro atoms.